The van der Waals surface area contributed by atoms with Crippen LogP contribution in [0.4, 0.5) is 9.59 Å². The molecule has 3 aromatic rings. The fourth-order valence-corrected chi connectivity index (χ4v) is 5.23. The molecule has 0 saturated carbocycles. The number of amides is 2. The zero-order valence-electron chi connectivity index (χ0n) is 23.0. The van der Waals surface area contributed by atoms with Crippen LogP contribution in [0.3, 0.4) is 0 Å². The Labute approximate surface area is 229 Å². The summed E-state index contributed by atoms with van der Waals surface area (Å²) in [5.41, 5.74) is 2.76. The lowest BCUT2D eigenvalue weighted by molar-refractivity contribution is 0.0205. The maximum Gasteiger partial charge on any atom is 0.410 e. The van der Waals surface area contributed by atoms with Crippen LogP contribution in [0.25, 0.3) is 5.52 Å². The van der Waals surface area contributed by atoms with E-state index in [1.165, 1.54) is 5.56 Å². The van der Waals surface area contributed by atoms with Crippen LogP contribution >= 0.6 is 0 Å². The highest BCUT2D eigenvalue weighted by Gasteiger charge is 2.29. The van der Waals surface area contributed by atoms with Crippen LogP contribution < -0.4 is 4.74 Å². The van der Waals surface area contributed by atoms with Crippen molar-refractivity contribution < 1.29 is 23.8 Å². The van der Waals surface area contributed by atoms with E-state index in [1.54, 1.807) is 9.80 Å². The van der Waals surface area contributed by atoms with Crippen LogP contribution in [0.5, 0.6) is 5.75 Å². The van der Waals surface area contributed by atoms with Gasteiger partial charge in [0.2, 0.25) is 0 Å². The van der Waals surface area contributed by atoms with E-state index in [1.807, 2.05) is 74.1 Å². The lowest BCUT2D eigenvalue weighted by atomic mass is 9.90. The third kappa shape index (κ3) is 6.82. The SMILES string of the molecule is CC(C)(C)OC(=O)N1CCC(c2cnn3cc(OC4CCN(C(=O)OCc5ccccc5)CC4)ccc23)CC1. The smallest absolute Gasteiger partial charge is 0.410 e. The second-order valence-electron chi connectivity index (χ2n) is 11.4. The molecule has 1 aromatic carbocycles. The zero-order valence-corrected chi connectivity index (χ0v) is 23.0. The molecule has 208 valence electrons. The van der Waals surface area contributed by atoms with E-state index < -0.39 is 5.60 Å². The van der Waals surface area contributed by atoms with Crippen LogP contribution in [0.1, 0.15) is 63.5 Å². The van der Waals surface area contributed by atoms with Crippen molar-refractivity contribution in [2.75, 3.05) is 26.2 Å². The van der Waals surface area contributed by atoms with Gasteiger partial charge in [-0.05, 0) is 57.2 Å². The third-order valence-corrected chi connectivity index (χ3v) is 7.31. The van der Waals surface area contributed by atoms with Gasteiger partial charge in [0.25, 0.3) is 0 Å². The van der Waals surface area contributed by atoms with Crippen LogP contribution in [0.15, 0.2) is 54.9 Å². The van der Waals surface area contributed by atoms with Gasteiger partial charge in [-0.3, -0.25) is 0 Å². The molecule has 0 unspecified atom stereocenters. The molecule has 39 heavy (non-hydrogen) atoms. The minimum absolute atomic E-state index is 0.0350. The van der Waals surface area contributed by atoms with Gasteiger partial charge in [0.05, 0.1) is 17.9 Å². The number of ether oxygens (including phenoxy) is 3. The van der Waals surface area contributed by atoms with Crippen LogP contribution in [-0.2, 0) is 16.1 Å². The number of rotatable bonds is 5. The number of hydrogen-bond donors (Lipinski definition) is 0. The number of hydrogen-bond acceptors (Lipinski definition) is 6. The molecule has 0 spiro atoms. The first-order valence-electron chi connectivity index (χ1n) is 13.8. The molecule has 2 saturated heterocycles. The molecule has 2 fully saturated rings. The van der Waals surface area contributed by atoms with E-state index in [9.17, 15) is 9.59 Å². The summed E-state index contributed by atoms with van der Waals surface area (Å²) in [6.45, 7) is 8.52. The van der Waals surface area contributed by atoms with E-state index >= 15 is 0 Å². The maximum atomic E-state index is 12.4. The summed E-state index contributed by atoms with van der Waals surface area (Å²) in [7, 11) is 0. The van der Waals surface area contributed by atoms with E-state index in [4.69, 9.17) is 14.2 Å². The van der Waals surface area contributed by atoms with Crippen molar-refractivity contribution in [3.05, 3.63) is 66.0 Å². The standard InChI is InChI=1S/C30H38N4O5/c1-30(2,3)39-29(36)33-15-11-23(12-16-33)26-19-31-34-20-25(9-10-27(26)34)38-24-13-17-32(18-14-24)28(35)37-21-22-7-5-4-6-8-22/h4-10,19-20,23-24H,11-18,21H2,1-3H3. The molecule has 9 nitrogen and oxygen atoms in total. The van der Waals surface area contributed by atoms with Gasteiger partial charge >= 0.3 is 12.2 Å². The largest absolute Gasteiger partial charge is 0.489 e. The minimum atomic E-state index is -0.485. The van der Waals surface area contributed by atoms with Gasteiger partial charge in [0.15, 0.2) is 0 Å². The molecule has 0 aliphatic carbocycles. The number of piperidine rings is 2. The Balaban J connectivity index is 1.10. The molecule has 2 aliphatic rings. The van der Waals surface area contributed by atoms with Gasteiger partial charge in [-0.15, -0.1) is 0 Å². The van der Waals surface area contributed by atoms with Gasteiger partial charge in [-0.1, -0.05) is 30.3 Å². The Morgan fingerprint density at radius 2 is 1.56 bits per heavy atom. The summed E-state index contributed by atoms with van der Waals surface area (Å²) in [5.74, 6) is 1.11. The molecule has 0 radical (unpaired) electrons. The number of likely N-dealkylation sites (tertiary alicyclic amines) is 2. The Morgan fingerprint density at radius 1 is 0.897 bits per heavy atom. The Morgan fingerprint density at radius 3 is 2.26 bits per heavy atom. The molecule has 2 amide bonds. The molecule has 0 N–H and O–H groups in total. The summed E-state index contributed by atoms with van der Waals surface area (Å²) in [6, 6.07) is 13.8. The topological polar surface area (TPSA) is 85.6 Å². The van der Waals surface area contributed by atoms with Gasteiger partial charge < -0.3 is 24.0 Å². The summed E-state index contributed by atoms with van der Waals surface area (Å²) >= 11 is 0. The highest BCUT2D eigenvalue weighted by Crippen LogP contribution is 2.32. The van der Waals surface area contributed by atoms with Crippen molar-refractivity contribution in [3.63, 3.8) is 0 Å². The van der Waals surface area contributed by atoms with Crippen molar-refractivity contribution in [2.24, 2.45) is 0 Å². The highest BCUT2D eigenvalue weighted by molar-refractivity contribution is 5.68. The Bertz CT molecular complexity index is 1270. The lowest BCUT2D eigenvalue weighted by Crippen LogP contribution is -2.42. The fourth-order valence-electron chi connectivity index (χ4n) is 5.23. The predicted molar refractivity (Wildman–Crippen MR) is 147 cm³/mol. The van der Waals surface area contributed by atoms with Crippen LogP contribution in [-0.4, -0.2) is 69.5 Å². The highest BCUT2D eigenvalue weighted by atomic mass is 16.6. The number of carbonyl (C=O) groups excluding carboxylic acids is 2. The number of nitrogens with zero attached hydrogens (tertiary/aromatic N) is 4. The van der Waals surface area contributed by atoms with E-state index in [-0.39, 0.29) is 24.9 Å². The first-order valence-corrected chi connectivity index (χ1v) is 13.8. The van der Waals surface area contributed by atoms with Crippen molar-refractivity contribution in [3.8, 4) is 5.75 Å². The first-order chi connectivity index (χ1) is 18.7. The summed E-state index contributed by atoms with van der Waals surface area (Å²) in [6.07, 6.45) is 6.64. The predicted octanol–water partition coefficient (Wildman–Crippen LogP) is 5.63. The number of pyridine rings is 1. The van der Waals surface area contributed by atoms with Crippen LogP contribution in [0.2, 0.25) is 0 Å². The number of benzene rings is 1. The second kappa shape index (κ2) is 11.6. The molecule has 0 bridgehead atoms. The van der Waals surface area contributed by atoms with Crippen molar-refractivity contribution in [2.45, 2.75) is 70.7 Å². The number of aromatic nitrogens is 2. The van der Waals surface area contributed by atoms with E-state index in [2.05, 4.69) is 11.2 Å². The third-order valence-electron chi connectivity index (χ3n) is 7.31. The second-order valence-corrected chi connectivity index (χ2v) is 11.4. The normalized spacial score (nSPS) is 17.3. The van der Waals surface area contributed by atoms with Gasteiger partial charge in [0, 0.05) is 44.6 Å². The molecule has 2 aromatic heterocycles. The molecule has 0 atom stereocenters. The molecular formula is C30H38N4O5. The van der Waals surface area contributed by atoms with E-state index in [0.29, 0.717) is 32.1 Å². The van der Waals surface area contributed by atoms with Crippen LogP contribution in [0, 0.1) is 0 Å². The van der Waals surface area contributed by atoms with Crippen molar-refractivity contribution in [1.82, 2.24) is 19.4 Å². The van der Waals surface area contributed by atoms with E-state index in [0.717, 1.165) is 42.5 Å². The monoisotopic (exact) mass is 534 g/mol. The lowest BCUT2D eigenvalue weighted by Gasteiger charge is -2.33. The number of carbonyl (C=O) groups is 2. The maximum absolute atomic E-state index is 12.4. The minimum Gasteiger partial charge on any atom is -0.489 e. The molecule has 9 heteroatoms. The van der Waals surface area contributed by atoms with Gasteiger partial charge in [-0.2, -0.15) is 5.10 Å². The number of fused-ring (bicyclic) bond motifs is 1. The van der Waals surface area contributed by atoms with Gasteiger partial charge in [0.1, 0.15) is 24.1 Å². The molecule has 2 aliphatic heterocycles. The summed E-state index contributed by atoms with van der Waals surface area (Å²) in [5, 5.41) is 4.59. The Kier molecular flexibility index (Phi) is 7.95. The van der Waals surface area contributed by atoms with Gasteiger partial charge in [-0.25, -0.2) is 14.1 Å². The average Bonchev–Trinajstić information content (AvgIpc) is 3.35. The summed E-state index contributed by atoms with van der Waals surface area (Å²) in [4.78, 5) is 28.4. The molecule has 5 rings (SSSR count). The molecule has 4 heterocycles. The van der Waals surface area contributed by atoms with Crippen molar-refractivity contribution >= 4 is 17.7 Å². The zero-order chi connectivity index (χ0) is 27.4. The summed E-state index contributed by atoms with van der Waals surface area (Å²) < 4.78 is 19.1. The average molecular weight is 535 g/mol. The first kappa shape index (κ1) is 26.8. The Hall–Kier alpha value is -3.75. The quantitative estimate of drug-likeness (QED) is 0.422. The van der Waals surface area contributed by atoms with Crippen molar-refractivity contribution in [1.29, 1.82) is 0 Å². The molecular weight excluding hydrogens is 496 g/mol. The fraction of sp³-hybridized carbons (Fsp3) is 0.500.